The quantitative estimate of drug-likeness (QED) is 0.773. The maximum atomic E-state index is 12.1. The van der Waals surface area contributed by atoms with E-state index < -0.39 is 5.54 Å². The van der Waals surface area contributed by atoms with Crippen molar-refractivity contribution >= 4 is 5.91 Å². The molecule has 0 aromatic carbocycles. The van der Waals surface area contributed by atoms with E-state index in [9.17, 15) is 4.79 Å². The number of carbonyl (C=O) groups excluding carboxylic acids is 1. The molecule has 1 saturated heterocycles. The smallest absolute Gasteiger partial charge is 0.242 e. The molecule has 0 spiro atoms. The summed E-state index contributed by atoms with van der Waals surface area (Å²) in [5.41, 5.74) is -0.356. The Morgan fingerprint density at radius 1 is 1.33 bits per heavy atom. The topological polar surface area (TPSA) is 32.3 Å². The summed E-state index contributed by atoms with van der Waals surface area (Å²) in [4.78, 5) is 14.1. The molecule has 0 aromatic rings. The molecule has 1 heterocycles. The number of piperazine rings is 1. The molecule has 15 heavy (non-hydrogen) atoms. The van der Waals surface area contributed by atoms with Crippen molar-refractivity contribution in [2.45, 2.75) is 58.5 Å². The molecule has 1 N–H and O–H groups in total. The summed E-state index contributed by atoms with van der Waals surface area (Å²) in [6, 6.07) is 0. The fraction of sp³-hybridized carbons (Fsp3) is 0.917. The van der Waals surface area contributed by atoms with Gasteiger partial charge in [-0.1, -0.05) is 13.8 Å². The monoisotopic (exact) mass is 212 g/mol. The Hall–Kier alpha value is -0.570. The van der Waals surface area contributed by atoms with Crippen molar-refractivity contribution in [1.82, 2.24) is 10.2 Å². The molecule has 0 saturated carbocycles. The van der Waals surface area contributed by atoms with E-state index in [1.807, 2.05) is 18.7 Å². The molecule has 1 unspecified atom stereocenters. The van der Waals surface area contributed by atoms with Crippen LogP contribution in [0.5, 0.6) is 0 Å². The van der Waals surface area contributed by atoms with Crippen LogP contribution in [0.25, 0.3) is 0 Å². The van der Waals surface area contributed by atoms with E-state index >= 15 is 0 Å². The van der Waals surface area contributed by atoms with Crippen LogP contribution in [0.1, 0.15) is 47.5 Å². The van der Waals surface area contributed by atoms with Crippen LogP contribution < -0.4 is 5.32 Å². The fourth-order valence-electron chi connectivity index (χ4n) is 2.39. The second-order valence-electron chi connectivity index (χ2n) is 5.39. The van der Waals surface area contributed by atoms with Gasteiger partial charge < -0.3 is 4.90 Å². The lowest BCUT2D eigenvalue weighted by molar-refractivity contribution is -0.144. The normalized spacial score (nSPS) is 30.7. The van der Waals surface area contributed by atoms with Crippen LogP contribution >= 0.6 is 0 Å². The first-order valence-electron chi connectivity index (χ1n) is 5.93. The first-order chi connectivity index (χ1) is 6.84. The second kappa shape index (κ2) is 4.12. The van der Waals surface area contributed by atoms with Gasteiger partial charge in [-0.2, -0.15) is 0 Å². The Morgan fingerprint density at radius 2 is 1.93 bits per heavy atom. The van der Waals surface area contributed by atoms with Crippen molar-refractivity contribution in [3.05, 3.63) is 0 Å². The minimum Gasteiger partial charge on any atom is -0.339 e. The molecule has 1 aliphatic heterocycles. The van der Waals surface area contributed by atoms with E-state index in [2.05, 4.69) is 26.1 Å². The van der Waals surface area contributed by atoms with Crippen molar-refractivity contribution in [2.75, 3.05) is 13.1 Å². The molecule has 1 amide bonds. The van der Waals surface area contributed by atoms with E-state index in [1.165, 1.54) is 0 Å². The van der Waals surface area contributed by atoms with Gasteiger partial charge in [-0.3, -0.25) is 10.1 Å². The van der Waals surface area contributed by atoms with Gasteiger partial charge in [0.05, 0.1) is 5.54 Å². The molecular formula is C12H24N2O. The van der Waals surface area contributed by atoms with E-state index in [1.54, 1.807) is 0 Å². The highest BCUT2D eigenvalue weighted by Crippen LogP contribution is 2.24. The average molecular weight is 212 g/mol. The number of amides is 1. The summed E-state index contributed by atoms with van der Waals surface area (Å²) in [5, 5.41) is 3.47. The highest BCUT2D eigenvalue weighted by molar-refractivity contribution is 5.86. The molecule has 0 bridgehead atoms. The number of carbonyl (C=O) groups is 1. The van der Waals surface area contributed by atoms with Gasteiger partial charge in [0.2, 0.25) is 5.91 Å². The highest BCUT2D eigenvalue weighted by atomic mass is 16.2. The first kappa shape index (κ1) is 12.5. The minimum atomic E-state index is -0.418. The Morgan fingerprint density at radius 3 is 2.40 bits per heavy atom. The SMILES string of the molecule is CCCN1CC(C)(CC)NC(C)(C)C1=O. The molecule has 3 heteroatoms. The van der Waals surface area contributed by atoms with Crippen molar-refractivity contribution in [2.24, 2.45) is 0 Å². The number of nitrogens with zero attached hydrogens (tertiary/aromatic N) is 1. The molecule has 0 aliphatic carbocycles. The second-order valence-corrected chi connectivity index (χ2v) is 5.39. The van der Waals surface area contributed by atoms with Crippen LogP contribution in [0.2, 0.25) is 0 Å². The summed E-state index contributed by atoms with van der Waals surface area (Å²) in [6.07, 6.45) is 2.07. The predicted octanol–water partition coefficient (Wildman–Crippen LogP) is 1.78. The van der Waals surface area contributed by atoms with Crippen LogP contribution in [0.15, 0.2) is 0 Å². The zero-order valence-electron chi connectivity index (χ0n) is 10.7. The summed E-state index contributed by atoms with van der Waals surface area (Å²) in [6.45, 7) is 12.1. The largest absolute Gasteiger partial charge is 0.339 e. The van der Waals surface area contributed by atoms with Crippen LogP contribution in [-0.4, -0.2) is 35.0 Å². The number of hydrogen-bond acceptors (Lipinski definition) is 2. The molecular weight excluding hydrogens is 188 g/mol. The molecule has 3 nitrogen and oxygen atoms in total. The molecule has 1 aliphatic rings. The van der Waals surface area contributed by atoms with Gasteiger partial charge in [-0.05, 0) is 33.6 Å². The maximum Gasteiger partial charge on any atom is 0.242 e. The molecule has 1 atom stereocenters. The van der Waals surface area contributed by atoms with E-state index in [-0.39, 0.29) is 11.4 Å². The lowest BCUT2D eigenvalue weighted by Gasteiger charge is -2.48. The Balaban J connectivity index is 2.86. The standard InChI is InChI=1S/C12H24N2O/c1-6-8-14-9-12(5,7-2)13-11(3,4)10(14)15/h13H,6-9H2,1-5H3. The maximum absolute atomic E-state index is 12.1. The Bertz CT molecular complexity index is 250. The van der Waals surface area contributed by atoms with E-state index in [0.717, 1.165) is 25.9 Å². The highest BCUT2D eigenvalue weighted by Gasteiger charge is 2.44. The predicted molar refractivity (Wildman–Crippen MR) is 62.8 cm³/mol. The van der Waals surface area contributed by atoms with Crippen LogP contribution in [0.3, 0.4) is 0 Å². The third-order valence-electron chi connectivity index (χ3n) is 3.25. The number of nitrogens with one attached hydrogen (secondary N) is 1. The van der Waals surface area contributed by atoms with Gasteiger partial charge in [0.25, 0.3) is 0 Å². The van der Waals surface area contributed by atoms with Gasteiger partial charge in [0.1, 0.15) is 0 Å². The van der Waals surface area contributed by atoms with Crippen molar-refractivity contribution in [1.29, 1.82) is 0 Å². The van der Waals surface area contributed by atoms with Crippen LogP contribution in [0, 0.1) is 0 Å². The third kappa shape index (κ3) is 2.51. The van der Waals surface area contributed by atoms with Crippen molar-refractivity contribution in [3.8, 4) is 0 Å². The van der Waals surface area contributed by atoms with Gasteiger partial charge in [-0.15, -0.1) is 0 Å². The fourth-order valence-corrected chi connectivity index (χ4v) is 2.39. The lowest BCUT2D eigenvalue weighted by atomic mass is 9.87. The summed E-state index contributed by atoms with van der Waals surface area (Å²) in [7, 11) is 0. The van der Waals surface area contributed by atoms with Gasteiger partial charge in [0, 0.05) is 18.6 Å². The lowest BCUT2D eigenvalue weighted by Crippen LogP contribution is -2.70. The van der Waals surface area contributed by atoms with E-state index in [4.69, 9.17) is 0 Å². The van der Waals surface area contributed by atoms with Crippen molar-refractivity contribution < 1.29 is 4.79 Å². The Labute approximate surface area is 93.2 Å². The molecule has 0 aromatic heterocycles. The zero-order valence-corrected chi connectivity index (χ0v) is 10.7. The molecule has 1 rings (SSSR count). The van der Waals surface area contributed by atoms with E-state index in [0.29, 0.717) is 0 Å². The van der Waals surface area contributed by atoms with Gasteiger partial charge >= 0.3 is 0 Å². The first-order valence-corrected chi connectivity index (χ1v) is 5.93. The van der Waals surface area contributed by atoms with Gasteiger partial charge in [0.15, 0.2) is 0 Å². The number of rotatable bonds is 3. The van der Waals surface area contributed by atoms with Crippen LogP contribution in [-0.2, 0) is 4.79 Å². The minimum absolute atomic E-state index is 0.0621. The van der Waals surface area contributed by atoms with Crippen molar-refractivity contribution in [3.63, 3.8) is 0 Å². The number of hydrogen-bond donors (Lipinski definition) is 1. The third-order valence-corrected chi connectivity index (χ3v) is 3.25. The van der Waals surface area contributed by atoms with Gasteiger partial charge in [-0.25, -0.2) is 0 Å². The van der Waals surface area contributed by atoms with Crippen LogP contribution in [0.4, 0.5) is 0 Å². The molecule has 88 valence electrons. The molecule has 0 radical (unpaired) electrons. The summed E-state index contributed by atoms with van der Waals surface area (Å²) < 4.78 is 0. The summed E-state index contributed by atoms with van der Waals surface area (Å²) in [5.74, 6) is 0.232. The Kier molecular flexibility index (Phi) is 3.44. The summed E-state index contributed by atoms with van der Waals surface area (Å²) >= 11 is 0. The molecule has 1 fully saturated rings. The zero-order chi connectivity index (χ0) is 11.7. The average Bonchev–Trinajstić information content (AvgIpc) is 2.13.